The minimum Gasteiger partial charge on any atom is -0.306 e. The fourth-order valence-corrected chi connectivity index (χ4v) is 3.51. The van der Waals surface area contributed by atoms with E-state index in [2.05, 4.69) is 20.5 Å². The molecule has 0 aromatic carbocycles. The number of amides is 2. The van der Waals surface area contributed by atoms with Gasteiger partial charge in [-0.05, 0) is 50.2 Å². The lowest BCUT2D eigenvalue weighted by atomic mass is 10.1. The molecule has 1 aliphatic heterocycles. The van der Waals surface area contributed by atoms with Crippen molar-refractivity contribution >= 4 is 17.4 Å². The van der Waals surface area contributed by atoms with E-state index in [-0.39, 0.29) is 6.03 Å². The molecule has 0 saturated heterocycles. The molecule has 2 aromatic rings. The fraction of sp³-hybridized carbons (Fsp3) is 0.438. The van der Waals surface area contributed by atoms with Crippen molar-refractivity contribution in [1.29, 1.82) is 0 Å². The maximum absolute atomic E-state index is 12.7. The molecule has 22 heavy (non-hydrogen) atoms. The normalized spacial score (nSPS) is 16.3. The Morgan fingerprint density at radius 2 is 2.18 bits per heavy atom. The van der Waals surface area contributed by atoms with E-state index < -0.39 is 0 Å². The molecule has 0 bridgehead atoms. The Morgan fingerprint density at radius 1 is 1.27 bits per heavy atom. The number of carbonyl (C=O) groups excluding carboxylic acids is 1. The van der Waals surface area contributed by atoms with E-state index in [9.17, 15) is 4.79 Å². The molecule has 4 rings (SSSR count). The highest BCUT2D eigenvalue weighted by molar-refractivity contribution is 6.03. The number of aromatic nitrogens is 3. The van der Waals surface area contributed by atoms with Gasteiger partial charge in [0.2, 0.25) is 0 Å². The van der Waals surface area contributed by atoms with Crippen molar-refractivity contribution in [3.63, 3.8) is 0 Å². The first-order valence-corrected chi connectivity index (χ1v) is 7.82. The number of H-pyrrole nitrogens is 1. The van der Waals surface area contributed by atoms with Crippen LogP contribution in [0.15, 0.2) is 12.4 Å². The van der Waals surface area contributed by atoms with Crippen LogP contribution in [0.1, 0.15) is 35.4 Å². The summed E-state index contributed by atoms with van der Waals surface area (Å²) >= 11 is 0. The number of nitrogens with one attached hydrogen (secondary N) is 2. The van der Waals surface area contributed by atoms with Gasteiger partial charge in [-0.2, -0.15) is 5.10 Å². The van der Waals surface area contributed by atoms with Gasteiger partial charge in [0.25, 0.3) is 0 Å². The number of aryl methyl sites for hydroxylation is 3. The largest absolute Gasteiger partial charge is 0.326 e. The van der Waals surface area contributed by atoms with Gasteiger partial charge in [0.1, 0.15) is 0 Å². The van der Waals surface area contributed by atoms with Crippen LogP contribution in [0.4, 0.5) is 16.2 Å². The Hall–Kier alpha value is -2.37. The van der Waals surface area contributed by atoms with Crippen molar-refractivity contribution in [2.75, 3.05) is 16.8 Å². The van der Waals surface area contributed by atoms with E-state index in [0.29, 0.717) is 0 Å². The lowest BCUT2D eigenvalue weighted by Crippen LogP contribution is -2.39. The molecular weight excluding hydrogens is 278 g/mol. The van der Waals surface area contributed by atoms with Crippen molar-refractivity contribution in [2.24, 2.45) is 0 Å². The number of fused-ring (bicyclic) bond motifs is 2. The molecule has 0 spiro atoms. The first-order valence-electron chi connectivity index (χ1n) is 7.82. The smallest absolute Gasteiger partial charge is 0.306 e. The molecule has 2 aliphatic rings. The predicted molar refractivity (Wildman–Crippen MR) is 84.3 cm³/mol. The Balaban J connectivity index is 1.62. The van der Waals surface area contributed by atoms with Crippen LogP contribution >= 0.6 is 0 Å². The molecule has 6 heteroatoms. The molecule has 2 amide bonds. The lowest BCUT2D eigenvalue weighted by molar-refractivity contribution is 0.256. The van der Waals surface area contributed by atoms with Crippen LogP contribution in [0, 0.1) is 6.92 Å². The zero-order valence-electron chi connectivity index (χ0n) is 12.6. The van der Waals surface area contributed by atoms with E-state index in [0.717, 1.165) is 61.4 Å². The number of pyridine rings is 1. The van der Waals surface area contributed by atoms with E-state index in [1.807, 2.05) is 13.1 Å². The molecule has 6 nitrogen and oxygen atoms in total. The van der Waals surface area contributed by atoms with E-state index in [1.54, 1.807) is 11.1 Å². The second-order valence-corrected chi connectivity index (χ2v) is 6.01. The zero-order chi connectivity index (χ0) is 15.1. The Bertz CT molecular complexity index is 736. The van der Waals surface area contributed by atoms with Crippen LogP contribution in [0.3, 0.4) is 0 Å². The van der Waals surface area contributed by atoms with Gasteiger partial charge in [0.05, 0.1) is 29.0 Å². The zero-order valence-corrected chi connectivity index (χ0v) is 12.6. The summed E-state index contributed by atoms with van der Waals surface area (Å²) in [6.45, 7) is 2.68. The standard InChI is InChI=1S/C16H19N5O/c1-10-15-13(20-19-10)6-3-7-21(15)16(22)18-14-9-17-8-11-4-2-5-12(11)14/h8-9H,2-7H2,1H3,(H,18,22)(H,19,20). The summed E-state index contributed by atoms with van der Waals surface area (Å²) in [6, 6.07) is -0.0902. The highest BCUT2D eigenvalue weighted by Gasteiger charge is 2.27. The summed E-state index contributed by atoms with van der Waals surface area (Å²) in [4.78, 5) is 18.8. The number of hydrogen-bond donors (Lipinski definition) is 2. The Kier molecular flexibility index (Phi) is 3.10. The summed E-state index contributed by atoms with van der Waals surface area (Å²) in [5.41, 5.74) is 6.22. The average molecular weight is 297 g/mol. The average Bonchev–Trinajstić information content (AvgIpc) is 3.15. The summed E-state index contributed by atoms with van der Waals surface area (Å²) in [5.74, 6) is 0. The number of anilines is 2. The quantitative estimate of drug-likeness (QED) is 0.849. The van der Waals surface area contributed by atoms with Gasteiger partial charge in [-0.25, -0.2) is 4.79 Å². The van der Waals surface area contributed by atoms with Gasteiger partial charge in [-0.15, -0.1) is 0 Å². The molecule has 0 unspecified atom stereocenters. The fourth-order valence-electron chi connectivity index (χ4n) is 3.51. The molecular formula is C16H19N5O. The molecule has 0 fully saturated rings. The predicted octanol–water partition coefficient (Wildman–Crippen LogP) is 2.59. The Morgan fingerprint density at radius 3 is 3.09 bits per heavy atom. The minimum atomic E-state index is -0.0902. The van der Waals surface area contributed by atoms with Crippen molar-refractivity contribution in [1.82, 2.24) is 15.2 Å². The maximum Gasteiger partial charge on any atom is 0.326 e. The van der Waals surface area contributed by atoms with E-state index >= 15 is 0 Å². The van der Waals surface area contributed by atoms with E-state index in [4.69, 9.17) is 0 Å². The number of aromatic amines is 1. The molecule has 3 heterocycles. The highest BCUT2D eigenvalue weighted by atomic mass is 16.2. The number of rotatable bonds is 1. The SMILES string of the molecule is Cc1[nH]nc2c1N(C(=O)Nc1cncc3c1CCC3)CCC2. The van der Waals surface area contributed by atoms with Crippen molar-refractivity contribution < 1.29 is 4.79 Å². The third-order valence-electron chi connectivity index (χ3n) is 4.56. The molecule has 1 aliphatic carbocycles. The van der Waals surface area contributed by atoms with Crippen molar-refractivity contribution in [3.8, 4) is 0 Å². The maximum atomic E-state index is 12.7. The van der Waals surface area contributed by atoms with Crippen molar-refractivity contribution in [2.45, 2.75) is 39.0 Å². The summed E-state index contributed by atoms with van der Waals surface area (Å²) in [6.07, 6.45) is 8.75. The van der Waals surface area contributed by atoms with Gasteiger partial charge in [0.15, 0.2) is 0 Å². The molecule has 114 valence electrons. The minimum absolute atomic E-state index is 0.0902. The number of carbonyl (C=O) groups is 1. The Labute approximate surface area is 128 Å². The first-order chi connectivity index (χ1) is 10.7. The van der Waals surface area contributed by atoms with Gasteiger partial charge < -0.3 is 5.32 Å². The lowest BCUT2D eigenvalue weighted by Gasteiger charge is -2.27. The number of urea groups is 1. The van der Waals surface area contributed by atoms with Crippen LogP contribution in [0.5, 0.6) is 0 Å². The molecule has 0 radical (unpaired) electrons. The van der Waals surface area contributed by atoms with Crippen LogP contribution in [-0.4, -0.2) is 27.8 Å². The topological polar surface area (TPSA) is 73.9 Å². The van der Waals surface area contributed by atoms with Crippen molar-refractivity contribution in [3.05, 3.63) is 34.9 Å². The molecule has 2 aromatic heterocycles. The molecule has 0 atom stereocenters. The monoisotopic (exact) mass is 297 g/mol. The van der Waals surface area contributed by atoms with Gasteiger partial charge in [0, 0.05) is 12.7 Å². The summed E-state index contributed by atoms with van der Waals surface area (Å²) < 4.78 is 0. The third kappa shape index (κ3) is 2.06. The van der Waals surface area contributed by atoms with Gasteiger partial charge in [-0.1, -0.05) is 0 Å². The van der Waals surface area contributed by atoms with Gasteiger partial charge in [-0.3, -0.25) is 15.0 Å². The third-order valence-corrected chi connectivity index (χ3v) is 4.56. The van der Waals surface area contributed by atoms with Crippen LogP contribution in [0.25, 0.3) is 0 Å². The molecule has 0 saturated carbocycles. The molecule has 2 N–H and O–H groups in total. The number of nitrogens with zero attached hydrogens (tertiary/aromatic N) is 3. The van der Waals surface area contributed by atoms with Crippen LogP contribution in [0.2, 0.25) is 0 Å². The summed E-state index contributed by atoms with van der Waals surface area (Å²) in [5, 5.41) is 10.3. The summed E-state index contributed by atoms with van der Waals surface area (Å²) in [7, 11) is 0. The van der Waals surface area contributed by atoms with E-state index in [1.165, 1.54) is 11.1 Å². The van der Waals surface area contributed by atoms with Gasteiger partial charge >= 0.3 is 6.03 Å². The van der Waals surface area contributed by atoms with Crippen LogP contribution < -0.4 is 10.2 Å². The second-order valence-electron chi connectivity index (χ2n) is 6.01. The number of hydrogen-bond acceptors (Lipinski definition) is 3. The highest BCUT2D eigenvalue weighted by Crippen LogP contribution is 2.31. The van der Waals surface area contributed by atoms with Crippen LogP contribution in [-0.2, 0) is 19.3 Å². The first kappa shape index (κ1) is 13.3. The second kappa shape index (κ2) is 5.12.